The second kappa shape index (κ2) is 8.63. The molecule has 0 atom stereocenters. The van der Waals surface area contributed by atoms with Gasteiger partial charge in [-0.2, -0.15) is 5.10 Å². The SMILES string of the molecule is COc1ccc(Cn2nc(-c3ccc(Br)cc3)cc2-c2ccccc2O)cc1OC. The van der Waals surface area contributed by atoms with Crippen molar-refractivity contribution in [3.05, 3.63) is 82.8 Å². The number of ether oxygens (including phenoxy) is 2. The molecule has 0 unspecified atom stereocenters. The molecule has 4 rings (SSSR count). The zero-order chi connectivity index (χ0) is 21.1. The number of benzene rings is 3. The molecule has 0 saturated carbocycles. The Bertz CT molecular complexity index is 1170. The summed E-state index contributed by atoms with van der Waals surface area (Å²) in [7, 11) is 3.24. The minimum Gasteiger partial charge on any atom is -0.507 e. The van der Waals surface area contributed by atoms with Crippen molar-refractivity contribution >= 4 is 15.9 Å². The summed E-state index contributed by atoms with van der Waals surface area (Å²) in [6.45, 7) is 0.514. The highest BCUT2D eigenvalue weighted by molar-refractivity contribution is 9.10. The van der Waals surface area contributed by atoms with Crippen molar-refractivity contribution in [3.63, 3.8) is 0 Å². The van der Waals surface area contributed by atoms with E-state index in [4.69, 9.17) is 14.6 Å². The highest BCUT2D eigenvalue weighted by Crippen LogP contribution is 2.34. The molecule has 5 nitrogen and oxygen atoms in total. The Hall–Kier alpha value is -3.25. The van der Waals surface area contributed by atoms with Gasteiger partial charge in [0.2, 0.25) is 0 Å². The molecule has 0 fully saturated rings. The lowest BCUT2D eigenvalue weighted by molar-refractivity contribution is 0.354. The van der Waals surface area contributed by atoms with Crippen LogP contribution in [0.2, 0.25) is 0 Å². The van der Waals surface area contributed by atoms with Gasteiger partial charge >= 0.3 is 0 Å². The highest BCUT2D eigenvalue weighted by atomic mass is 79.9. The minimum absolute atomic E-state index is 0.216. The van der Waals surface area contributed by atoms with E-state index in [0.717, 1.165) is 32.6 Å². The number of aromatic hydroxyl groups is 1. The number of para-hydroxylation sites is 1. The van der Waals surface area contributed by atoms with Gasteiger partial charge in [0.05, 0.1) is 32.2 Å². The average Bonchev–Trinajstić information content (AvgIpc) is 3.18. The second-order valence-corrected chi connectivity index (χ2v) is 7.70. The van der Waals surface area contributed by atoms with E-state index in [0.29, 0.717) is 18.0 Å². The maximum atomic E-state index is 10.4. The molecule has 0 bridgehead atoms. The van der Waals surface area contributed by atoms with E-state index in [1.54, 1.807) is 20.3 Å². The highest BCUT2D eigenvalue weighted by Gasteiger charge is 2.15. The van der Waals surface area contributed by atoms with Crippen LogP contribution >= 0.6 is 15.9 Å². The van der Waals surface area contributed by atoms with Crippen LogP contribution in [0.25, 0.3) is 22.5 Å². The van der Waals surface area contributed by atoms with Crippen molar-refractivity contribution < 1.29 is 14.6 Å². The lowest BCUT2D eigenvalue weighted by Crippen LogP contribution is -2.04. The van der Waals surface area contributed by atoms with Crippen LogP contribution in [-0.4, -0.2) is 29.1 Å². The van der Waals surface area contributed by atoms with E-state index in [1.807, 2.05) is 71.4 Å². The van der Waals surface area contributed by atoms with Crippen molar-refractivity contribution in [1.29, 1.82) is 0 Å². The first-order valence-corrected chi connectivity index (χ1v) is 10.2. The van der Waals surface area contributed by atoms with Gasteiger partial charge in [-0.15, -0.1) is 0 Å². The lowest BCUT2D eigenvalue weighted by atomic mass is 10.1. The van der Waals surface area contributed by atoms with Gasteiger partial charge in [0.1, 0.15) is 5.75 Å². The zero-order valence-corrected chi connectivity index (χ0v) is 18.3. The molecule has 6 heteroatoms. The fourth-order valence-corrected chi connectivity index (χ4v) is 3.62. The van der Waals surface area contributed by atoms with Crippen LogP contribution in [0, 0.1) is 0 Å². The molecule has 0 radical (unpaired) electrons. The predicted octanol–water partition coefficient (Wildman–Crippen LogP) is 5.75. The van der Waals surface area contributed by atoms with Gasteiger partial charge in [0.25, 0.3) is 0 Å². The van der Waals surface area contributed by atoms with Crippen molar-refractivity contribution in [2.24, 2.45) is 0 Å². The Morgan fingerprint density at radius 1 is 0.900 bits per heavy atom. The summed E-state index contributed by atoms with van der Waals surface area (Å²) >= 11 is 3.47. The third kappa shape index (κ3) is 4.04. The summed E-state index contributed by atoms with van der Waals surface area (Å²) in [5.74, 6) is 1.56. The van der Waals surface area contributed by atoms with E-state index in [1.165, 1.54) is 0 Å². The van der Waals surface area contributed by atoms with Crippen molar-refractivity contribution in [2.45, 2.75) is 6.54 Å². The lowest BCUT2D eigenvalue weighted by Gasteiger charge is -2.12. The van der Waals surface area contributed by atoms with Gasteiger partial charge in [0, 0.05) is 15.6 Å². The van der Waals surface area contributed by atoms with Gasteiger partial charge in [-0.05, 0) is 48.0 Å². The Kier molecular flexibility index (Phi) is 5.77. The Morgan fingerprint density at radius 3 is 2.33 bits per heavy atom. The first kappa shape index (κ1) is 20.0. The molecule has 0 saturated heterocycles. The normalized spacial score (nSPS) is 10.8. The average molecular weight is 465 g/mol. The van der Waals surface area contributed by atoms with Gasteiger partial charge in [-0.25, -0.2) is 0 Å². The third-order valence-corrected chi connectivity index (χ3v) is 5.41. The number of phenolic OH excluding ortho intramolecular Hbond substituents is 1. The van der Waals surface area contributed by atoms with Gasteiger partial charge in [-0.1, -0.05) is 46.3 Å². The van der Waals surface area contributed by atoms with E-state index in [2.05, 4.69) is 15.9 Å². The topological polar surface area (TPSA) is 56.5 Å². The van der Waals surface area contributed by atoms with E-state index in [-0.39, 0.29) is 5.75 Å². The monoisotopic (exact) mass is 464 g/mol. The molecular formula is C24H21BrN2O3. The number of rotatable bonds is 6. The molecule has 1 N–H and O–H groups in total. The van der Waals surface area contributed by atoms with E-state index >= 15 is 0 Å². The number of aromatic nitrogens is 2. The molecule has 30 heavy (non-hydrogen) atoms. The summed E-state index contributed by atoms with van der Waals surface area (Å²) in [5.41, 5.74) is 4.41. The molecule has 0 spiro atoms. The van der Waals surface area contributed by atoms with Crippen LogP contribution < -0.4 is 9.47 Å². The van der Waals surface area contributed by atoms with Crippen LogP contribution in [0.15, 0.2) is 77.3 Å². The summed E-state index contributed by atoms with van der Waals surface area (Å²) in [6.07, 6.45) is 0. The predicted molar refractivity (Wildman–Crippen MR) is 121 cm³/mol. The van der Waals surface area contributed by atoms with E-state index in [9.17, 15) is 5.11 Å². The molecule has 4 aromatic rings. The van der Waals surface area contributed by atoms with Gasteiger partial charge in [0.15, 0.2) is 11.5 Å². The van der Waals surface area contributed by atoms with Crippen LogP contribution in [0.3, 0.4) is 0 Å². The Morgan fingerprint density at radius 2 is 1.63 bits per heavy atom. The van der Waals surface area contributed by atoms with Crippen LogP contribution in [0.4, 0.5) is 0 Å². The largest absolute Gasteiger partial charge is 0.507 e. The molecule has 3 aromatic carbocycles. The maximum Gasteiger partial charge on any atom is 0.161 e. The van der Waals surface area contributed by atoms with Gasteiger partial charge < -0.3 is 14.6 Å². The fraction of sp³-hybridized carbons (Fsp3) is 0.125. The molecule has 0 amide bonds. The summed E-state index contributed by atoms with van der Waals surface area (Å²) in [5, 5.41) is 15.3. The Labute approximate surface area is 183 Å². The van der Waals surface area contributed by atoms with Crippen LogP contribution in [0.5, 0.6) is 17.2 Å². The number of hydrogen-bond donors (Lipinski definition) is 1. The first-order valence-electron chi connectivity index (χ1n) is 9.42. The minimum atomic E-state index is 0.216. The first-order chi connectivity index (χ1) is 14.6. The number of nitrogens with zero attached hydrogens (tertiary/aromatic N) is 2. The molecule has 0 aliphatic rings. The molecule has 0 aliphatic carbocycles. The Balaban J connectivity index is 1.79. The molecule has 0 aliphatic heterocycles. The van der Waals surface area contributed by atoms with Crippen molar-refractivity contribution in [2.75, 3.05) is 14.2 Å². The molecular weight excluding hydrogens is 444 g/mol. The maximum absolute atomic E-state index is 10.4. The fourth-order valence-electron chi connectivity index (χ4n) is 3.36. The third-order valence-electron chi connectivity index (χ3n) is 4.88. The number of methoxy groups -OCH3 is 2. The van der Waals surface area contributed by atoms with Crippen LogP contribution in [0.1, 0.15) is 5.56 Å². The summed E-state index contributed by atoms with van der Waals surface area (Å²) < 4.78 is 13.7. The summed E-state index contributed by atoms with van der Waals surface area (Å²) in [4.78, 5) is 0. The molecule has 1 aromatic heterocycles. The summed E-state index contributed by atoms with van der Waals surface area (Å²) in [6, 6.07) is 23.1. The van der Waals surface area contributed by atoms with Crippen LogP contribution in [-0.2, 0) is 6.54 Å². The number of halogens is 1. The number of hydrogen-bond acceptors (Lipinski definition) is 4. The zero-order valence-electron chi connectivity index (χ0n) is 16.7. The standard InChI is InChI=1S/C24H21BrN2O3/c1-29-23-12-7-16(13-24(23)30-2)15-27-21(19-5-3-4-6-22(19)28)14-20(26-27)17-8-10-18(25)11-9-17/h3-14,28H,15H2,1-2H3. The van der Waals surface area contributed by atoms with Crippen molar-refractivity contribution in [3.8, 4) is 39.8 Å². The number of phenols is 1. The van der Waals surface area contributed by atoms with Crippen molar-refractivity contribution in [1.82, 2.24) is 9.78 Å². The quantitative estimate of drug-likeness (QED) is 0.394. The molecule has 152 valence electrons. The molecule has 1 heterocycles. The smallest absolute Gasteiger partial charge is 0.161 e. The second-order valence-electron chi connectivity index (χ2n) is 6.79. The van der Waals surface area contributed by atoms with Gasteiger partial charge in [-0.3, -0.25) is 4.68 Å². The van der Waals surface area contributed by atoms with E-state index < -0.39 is 0 Å².